The fourth-order valence-corrected chi connectivity index (χ4v) is 2.40. The molecule has 0 saturated carbocycles. The zero-order chi connectivity index (χ0) is 15.8. The molecule has 5 heteroatoms. The molecule has 0 aromatic heterocycles. The fraction of sp³-hybridized carbons (Fsp3) is 0.500. The number of hydrogen-bond donors (Lipinski definition) is 1. The van der Waals surface area contributed by atoms with E-state index < -0.39 is 18.3 Å². The number of aliphatic hydroxyl groups excluding tert-OH is 1. The van der Waals surface area contributed by atoms with E-state index in [1.807, 2.05) is 52.8 Å². The Kier molecular flexibility index (Phi) is 4.69. The first-order valence-electron chi connectivity index (χ1n) is 7.09. The second-order valence-electron chi connectivity index (χ2n) is 6.47. The van der Waals surface area contributed by atoms with Crippen LogP contribution in [0.3, 0.4) is 0 Å². The highest BCUT2D eigenvalue weighted by atomic mass is 79.9. The van der Waals surface area contributed by atoms with E-state index in [1.165, 1.54) is 0 Å². The molecular formula is C16H22BBrO3. The molecule has 1 aromatic carbocycles. The zero-order valence-electron chi connectivity index (χ0n) is 13.2. The van der Waals surface area contributed by atoms with E-state index in [4.69, 9.17) is 9.31 Å². The van der Waals surface area contributed by atoms with Crippen molar-refractivity contribution < 1.29 is 14.4 Å². The van der Waals surface area contributed by atoms with Gasteiger partial charge in [0.05, 0.1) is 17.8 Å². The van der Waals surface area contributed by atoms with E-state index in [0.717, 1.165) is 21.1 Å². The van der Waals surface area contributed by atoms with Gasteiger partial charge in [0.2, 0.25) is 0 Å². The maximum absolute atomic E-state index is 9.67. The quantitative estimate of drug-likeness (QED) is 0.841. The predicted octanol–water partition coefficient (Wildman–Crippen LogP) is 3.76. The summed E-state index contributed by atoms with van der Waals surface area (Å²) in [5.74, 6) is 0. The van der Waals surface area contributed by atoms with Crippen molar-refractivity contribution in [2.75, 3.05) is 6.61 Å². The summed E-state index contributed by atoms with van der Waals surface area (Å²) in [6, 6.07) is 6.06. The first kappa shape index (κ1) is 16.8. The zero-order valence-corrected chi connectivity index (χ0v) is 14.8. The average molecular weight is 353 g/mol. The molecule has 21 heavy (non-hydrogen) atoms. The van der Waals surface area contributed by atoms with Gasteiger partial charge < -0.3 is 14.4 Å². The maximum atomic E-state index is 9.67. The van der Waals surface area contributed by atoms with Crippen LogP contribution >= 0.6 is 15.9 Å². The lowest BCUT2D eigenvalue weighted by molar-refractivity contribution is 0.00578. The Balaban J connectivity index is 2.28. The second kappa shape index (κ2) is 5.88. The molecule has 1 aromatic rings. The molecule has 1 N–H and O–H groups in total. The van der Waals surface area contributed by atoms with Crippen LogP contribution in [-0.2, 0) is 9.31 Å². The van der Waals surface area contributed by atoms with E-state index in [-0.39, 0.29) is 6.61 Å². The number of aliphatic hydroxyl groups is 1. The molecule has 0 spiro atoms. The van der Waals surface area contributed by atoms with E-state index in [0.29, 0.717) is 0 Å². The third kappa shape index (κ3) is 3.42. The minimum atomic E-state index is -0.510. The van der Waals surface area contributed by atoms with Gasteiger partial charge in [-0.05, 0) is 57.3 Å². The van der Waals surface area contributed by atoms with Crippen molar-refractivity contribution in [1.82, 2.24) is 0 Å². The first-order valence-corrected chi connectivity index (χ1v) is 7.89. The Morgan fingerprint density at radius 2 is 1.81 bits per heavy atom. The molecule has 0 atom stereocenters. The normalized spacial score (nSPS) is 20.9. The van der Waals surface area contributed by atoms with Crippen LogP contribution in [0.25, 0.3) is 6.08 Å². The number of benzene rings is 1. The smallest absolute Gasteiger partial charge is 0.400 e. The topological polar surface area (TPSA) is 38.7 Å². The molecule has 1 aliphatic heterocycles. The van der Waals surface area contributed by atoms with Gasteiger partial charge in [-0.3, -0.25) is 0 Å². The van der Waals surface area contributed by atoms with E-state index in [9.17, 15) is 5.11 Å². The Hall–Kier alpha value is -0.615. The minimum absolute atomic E-state index is 0.0913. The van der Waals surface area contributed by atoms with Crippen LogP contribution in [0.5, 0.6) is 0 Å². The van der Waals surface area contributed by atoms with Crippen molar-refractivity contribution in [1.29, 1.82) is 0 Å². The SMILES string of the molecule is Cc1cc(C=C(CO)B2OC(C)(C)C(C)(C)O2)ccc1Br. The lowest BCUT2D eigenvalue weighted by Crippen LogP contribution is -2.41. The molecular weight excluding hydrogens is 331 g/mol. The number of aryl methyl sites for hydroxylation is 1. The summed E-state index contributed by atoms with van der Waals surface area (Å²) in [5.41, 5.74) is 2.10. The molecule has 0 bridgehead atoms. The summed E-state index contributed by atoms with van der Waals surface area (Å²) < 4.78 is 13.0. The predicted molar refractivity (Wildman–Crippen MR) is 90.0 cm³/mol. The standard InChI is InChI=1S/C16H22BBrO3/c1-11-8-12(6-7-14(11)18)9-13(10-19)17-20-15(2,3)16(4,5)21-17/h6-9,19H,10H2,1-5H3. The molecule has 2 rings (SSSR count). The summed E-state index contributed by atoms with van der Waals surface area (Å²) >= 11 is 3.49. The lowest BCUT2D eigenvalue weighted by Gasteiger charge is -2.32. The molecule has 1 heterocycles. The van der Waals surface area contributed by atoms with Gasteiger partial charge in [0, 0.05) is 4.47 Å². The Morgan fingerprint density at radius 3 is 2.29 bits per heavy atom. The summed E-state index contributed by atoms with van der Waals surface area (Å²) in [5, 5.41) is 9.67. The van der Waals surface area contributed by atoms with Gasteiger partial charge in [-0.15, -0.1) is 0 Å². The van der Waals surface area contributed by atoms with Crippen molar-refractivity contribution in [3.63, 3.8) is 0 Å². The average Bonchev–Trinajstić information content (AvgIpc) is 2.59. The van der Waals surface area contributed by atoms with Gasteiger partial charge in [-0.2, -0.15) is 0 Å². The molecule has 0 radical (unpaired) electrons. The molecule has 1 fully saturated rings. The maximum Gasteiger partial charge on any atom is 0.492 e. The van der Waals surface area contributed by atoms with Crippen molar-refractivity contribution in [2.45, 2.75) is 45.8 Å². The molecule has 114 valence electrons. The molecule has 1 aliphatic rings. The van der Waals surface area contributed by atoms with Gasteiger partial charge >= 0.3 is 7.12 Å². The summed E-state index contributed by atoms with van der Waals surface area (Å²) in [7, 11) is -0.510. The van der Waals surface area contributed by atoms with Crippen molar-refractivity contribution in [3.8, 4) is 0 Å². The van der Waals surface area contributed by atoms with E-state index in [1.54, 1.807) is 0 Å². The molecule has 1 saturated heterocycles. The summed E-state index contributed by atoms with van der Waals surface area (Å²) in [4.78, 5) is 0. The van der Waals surface area contributed by atoms with E-state index in [2.05, 4.69) is 22.0 Å². The van der Waals surface area contributed by atoms with Gasteiger partial charge in [-0.1, -0.05) is 34.1 Å². The van der Waals surface area contributed by atoms with Crippen LogP contribution in [0.1, 0.15) is 38.8 Å². The van der Waals surface area contributed by atoms with Crippen LogP contribution in [0.2, 0.25) is 0 Å². The Morgan fingerprint density at radius 1 is 1.24 bits per heavy atom. The highest BCUT2D eigenvalue weighted by Crippen LogP contribution is 2.38. The molecule has 0 aliphatic carbocycles. The second-order valence-corrected chi connectivity index (χ2v) is 7.33. The Labute approximate surface area is 135 Å². The number of hydrogen-bond acceptors (Lipinski definition) is 3. The number of rotatable bonds is 3. The van der Waals surface area contributed by atoms with Crippen molar-refractivity contribution in [3.05, 3.63) is 39.3 Å². The third-order valence-electron chi connectivity index (χ3n) is 4.27. The van der Waals surface area contributed by atoms with Gasteiger partial charge in [-0.25, -0.2) is 0 Å². The van der Waals surface area contributed by atoms with Gasteiger partial charge in [0.15, 0.2) is 0 Å². The summed E-state index contributed by atoms with van der Waals surface area (Å²) in [6.07, 6.45) is 1.93. The molecule has 0 unspecified atom stereocenters. The monoisotopic (exact) mass is 352 g/mol. The van der Waals surface area contributed by atoms with E-state index >= 15 is 0 Å². The highest BCUT2D eigenvalue weighted by Gasteiger charge is 2.52. The van der Waals surface area contributed by atoms with Crippen LogP contribution in [-0.4, -0.2) is 30.0 Å². The highest BCUT2D eigenvalue weighted by molar-refractivity contribution is 9.10. The Bertz CT molecular complexity index is 551. The molecule has 0 amide bonds. The van der Waals surface area contributed by atoms with Crippen LogP contribution in [0.4, 0.5) is 0 Å². The van der Waals surface area contributed by atoms with Crippen LogP contribution in [0, 0.1) is 6.92 Å². The lowest BCUT2D eigenvalue weighted by atomic mass is 9.77. The van der Waals surface area contributed by atoms with Crippen LogP contribution in [0.15, 0.2) is 28.1 Å². The van der Waals surface area contributed by atoms with Crippen LogP contribution < -0.4 is 0 Å². The van der Waals surface area contributed by atoms with Gasteiger partial charge in [0.25, 0.3) is 0 Å². The number of halogens is 1. The minimum Gasteiger partial charge on any atom is -0.400 e. The fourth-order valence-electron chi connectivity index (χ4n) is 2.15. The largest absolute Gasteiger partial charge is 0.492 e. The third-order valence-corrected chi connectivity index (χ3v) is 5.16. The summed E-state index contributed by atoms with van der Waals surface area (Å²) in [6.45, 7) is 9.97. The first-order chi connectivity index (χ1) is 9.66. The van der Waals surface area contributed by atoms with Crippen molar-refractivity contribution >= 4 is 29.1 Å². The molecule has 3 nitrogen and oxygen atoms in total. The van der Waals surface area contributed by atoms with Gasteiger partial charge in [0.1, 0.15) is 0 Å². The van der Waals surface area contributed by atoms with Crippen molar-refractivity contribution in [2.24, 2.45) is 0 Å².